The van der Waals surface area contributed by atoms with Crippen molar-refractivity contribution >= 4 is 17.7 Å². The van der Waals surface area contributed by atoms with Gasteiger partial charge < -0.3 is 5.11 Å². The van der Waals surface area contributed by atoms with Crippen LogP contribution < -0.4 is 0 Å². The first-order chi connectivity index (χ1) is 9.61. The molecule has 1 unspecified atom stereocenters. The molecular formula is C15H18N2O2S. The molecule has 1 N–H and O–H groups in total. The van der Waals surface area contributed by atoms with Crippen LogP contribution in [-0.4, -0.2) is 21.3 Å². The molecule has 1 atom stereocenters. The average molecular weight is 290 g/mol. The summed E-state index contributed by atoms with van der Waals surface area (Å²) in [6.07, 6.45) is 6.59. The van der Waals surface area contributed by atoms with Crippen LogP contribution in [-0.2, 0) is 17.6 Å². The van der Waals surface area contributed by atoms with Gasteiger partial charge in [-0.05, 0) is 44.2 Å². The van der Waals surface area contributed by atoms with Crippen LogP contribution in [0.25, 0.3) is 0 Å². The standard InChI is InChI=1S/C15H18N2O2S/c1-10(15(18)19)20-14-12(9-16)8-11-6-4-2-3-5-7-13(11)17-14/h8,10H,2-7H2,1H3,(H,18,19). The van der Waals surface area contributed by atoms with E-state index in [-0.39, 0.29) is 0 Å². The second kappa shape index (κ2) is 6.76. The number of thioether (sulfide) groups is 1. The van der Waals surface area contributed by atoms with Crippen LogP contribution in [0.15, 0.2) is 11.1 Å². The molecule has 0 amide bonds. The summed E-state index contributed by atoms with van der Waals surface area (Å²) in [5.41, 5.74) is 2.71. The molecule has 20 heavy (non-hydrogen) atoms. The van der Waals surface area contributed by atoms with Gasteiger partial charge in [0.05, 0.1) is 5.56 Å². The number of fused-ring (bicyclic) bond motifs is 1. The summed E-state index contributed by atoms with van der Waals surface area (Å²) in [6.45, 7) is 1.62. The number of aryl methyl sites for hydroxylation is 2. The zero-order valence-electron chi connectivity index (χ0n) is 11.6. The lowest BCUT2D eigenvalue weighted by Gasteiger charge is -2.15. The van der Waals surface area contributed by atoms with Crippen LogP contribution in [0.4, 0.5) is 0 Å². The average Bonchev–Trinajstić information content (AvgIpc) is 2.40. The van der Waals surface area contributed by atoms with E-state index >= 15 is 0 Å². The van der Waals surface area contributed by atoms with E-state index in [0.29, 0.717) is 10.6 Å². The molecule has 106 valence electrons. The number of nitriles is 1. The predicted octanol–water partition coefficient (Wildman–Crippen LogP) is 3.18. The van der Waals surface area contributed by atoms with Crippen LogP contribution >= 0.6 is 11.8 Å². The highest BCUT2D eigenvalue weighted by Crippen LogP contribution is 2.29. The largest absolute Gasteiger partial charge is 0.480 e. The van der Waals surface area contributed by atoms with Gasteiger partial charge in [0.1, 0.15) is 16.3 Å². The minimum absolute atomic E-state index is 0.502. The minimum atomic E-state index is -0.882. The molecule has 0 spiro atoms. The van der Waals surface area contributed by atoms with Crippen molar-refractivity contribution in [2.45, 2.75) is 55.7 Å². The van der Waals surface area contributed by atoms with Gasteiger partial charge in [0.2, 0.25) is 0 Å². The Bertz CT molecular complexity index is 552. The number of hydrogen-bond acceptors (Lipinski definition) is 4. The van der Waals surface area contributed by atoms with Crippen LogP contribution in [0, 0.1) is 11.3 Å². The molecular weight excluding hydrogens is 272 g/mol. The number of carbonyl (C=O) groups is 1. The molecule has 5 heteroatoms. The number of pyridine rings is 1. The Kier molecular flexibility index (Phi) is 5.02. The summed E-state index contributed by atoms with van der Waals surface area (Å²) in [7, 11) is 0. The topological polar surface area (TPSA) is 74.0 Å². The van der Waals surface area contributed by atoms with Crippen LogP contribution in [0.2, 0.25) is 0 Å². The lowest BCUT2D eigenvalue weighted by atomic mass is 9.96. The Morgan fingerprint density at radius 3 is 2.75 bits per heavy atom. The lowest BCUT2D eigenvalue weighted by Crippen LogP contribution is -2.13. The molecule has 1 aromatic rings. The zero-order chi connectivity index (χ0) is 14.5. The van der Waals surface area contributed by atoms with Crippen molar-refractivity contribution in [2.24, 2.45) is 0 Å². The normalized spacial score (nSPS) is 16.4. The van der Waals surface area contributed by atoms with Crippen molar-refractivity contribution in [3.8, 4) is 6.07 Å². The van der Waals surface area contributed by atoms with E-state index in [1.165, 1.54) is 12.8 Å². The van der Waals surface area contributed by atoms with E-state index in [2.05, 4.69) is 11.1 Å². The van der Waals surface area contributed by atoms with Crippen molar-refractivity contribution in [3.05, 3.63) is 22.9 Å². The van der Waals surface area contributed by atoms with Gasteiger partial charge in [-0.25, -0.2) is 4.98 Å². The van der Waals surface area contributed by atoms with Crippen LogP contribution in [0.3, 0.4) is 0 Å². The highest BCUT2D eigenvalue weighted by atomic mass is 32.2. The molecule has 1 heterocycles. The molecule has 4 nitrogen and oxygen atoms in total. The quantitative estimate of drug-likeness (QED) is 0.865. The van der Waals surface area contributed by atoms with E-state index in [9.17, 15) is 10.1 Å². The number of carboxylic acid groups (broad SMARTS) is 1. The third kappa shape index (κ3) is 3.51. The van der Waals surface area contributed by atoms with Crippen molar-refractivity contribution in [3.63, 3.8) is 0 Å². The summed E-state index contributed by atoms with van der Waals surface area (Å²) in [5, 5.41) is 18.2. The van der Waals surface area contributed by atoms with Gasteiger partial charge in [-0.15, -0.1) is 0 Å². The lowest BCUT2D eigenvalue weighted by molar-refractivity contribution is -0.136. The van der Waals surface area contributed by atoms with Crippen molar-refractivity contribution in [1.82, 2.24) is 4.98 Å². The number of rotatable bonds is 3. The fraction of sp³-hybridized carbons (Fsp3) is 0.533. The monoisotopic (exact) mass is 290 g/mol. The first-order valence-electron chi connectivity index (χ1n) is 6.94. The first-order valence-corrected chi connectivity index (χ1v) is 7.82. The summed E-state index contributed by atoms with van der Waals surface area (Å²) >= 11 is 1.15. The fourth-order valence-corrected chi connectivity index (χ4v) is 3.19. The molecule has 0 saturated carbocycles. The van der Waals surface area contributed by atoms with E-state index < -0.39 is 11.2 Å². The summed E-state index contributed by atoms with van der Waals surface area (Å²) in [5.74, 6) is -0.882. The fourth-order valence-electron chi connectivity index (χ4n) is 2.36. The number of carboxylic acids is 1. The maximum absolute atomic E-state index is 11.0. The van der Waals surface area contributed by atoms with Crippen LogP contribution in [0.1, 0.15) is 49.4 Å². The first kappa shape index (κ1) is 14.9. The van der Waals surface area contributed by atoms with E-state index in [4.69, 9.17) is 5.11 Å². The summed E-state index contributed by atoms with van der Waals surface area (Å²) in [6, 6.07) is 4.06. The van der Waals surface area contributed by atoms with Crippen molar-refractivity contribution < 1.29 is 9.90 Å². The molecule has 0 aromatic carbocycles. The van der Waals surface area contributed by atoms with Crippen molar-refractivity contribution in [1.29, 1.82) is 5.26 Å². The predicted molar refractivity (Wildman–Crippen MR) is 77.8 cm³/mol. The Labute approximate surface area is 123 Å². The maximum atomic E-state index is 11.0. The molecule has 0 bridgehead atoms. The number of hydrogen-bond donors (Lipinski definition) is 1. The van der Waals surface area contributed by atoms with Gasteiger partial charge in [-0.1, -0.05) is 24.6 Å². The molecule has 1 aliphatic carbocycles. The Morgan fingerprint density at radius 2 is 2.10 bits per heavy atom. The van der Waals surface area contributed by atoms with Gasteiger partial charge in [0, 0.05) is 5.69 Å². The number of aliphatic carboxylic acids is 1. The van der Waals surface area contributed by atoms with Gasteiger partial charge in [0.25, 0.3) is 0 Å². The maximum Gasteiger partial charge on any atom is 0.316 e. The Hall–Kier alpha value is -1.54. The van der Waals surface area contributed by atoms with E-state index in [1.807, 2.05) is 6.07 Å². The summed E-state index contributed by atoms with van der Waals surface area (Å²) < 4.78 is 0. The van der Waals surface area contributed by atoms with Gasteiger partial charge in [0.15, 0.2) is 0 Å². The summed E-state index contributed by atoms with van der Waals surface area (Å²) in [4.78, 5) is 15.5. The second-order valence-electron chi connectivity index (χ2n) is 5.07. The SMILES string of the molecule is CC(Sc1nc2c(cc1C#N)CCCCCC2)C(=O)O. The minimum Gasteiger partial charge on any atom is -0.480 e. The molecule has 1 aromatic heterocycles. The van der Waals surface area contributed by atoms with Gasteiger partial charge in [-0.3, -0.25) is 4.79 Å². The van der Waals surface area contributed by atoms with E-state index in [0.717, 1.165) is 48.7 Å². The van der Waals surface area contributed by atoms with Crippen LogP contribution in [0.5, 0.6) is 0 Å². The van der Waals surface area contributed by atoms with E-state index in [1.54, 1.807) is 6.92 Å². The smallest absolute Gasteiger partial charge is 0.316 e. The molecule has 0 saturated heterocycles. The third-order valence-corrected chi connectivity index (χ3v) is 4.61. The molecule has 1 aliphatic rings. The van der Waals surface area contributed by atoms with Gasteiger partial charge in [-0.2, -0.15) is 5.26 Å². The molecule has 2 rings (SSSR count). The number of aromatic nitrogens is 1. The van der Waals surface area contributed by atoms with Gasteiger partial charge >= 0.3 is 5.97 Å². The Morgan fingerprint density at radius 1 is 1.40 bits per heavy atom. The third-order valence-electron chi connectivity index (χ3n) is 3.52. The zero-order valence-corrected chi connectivity index (χ0v) is 12.4. The number of nitrogens with zero attached hydrogens (tertiary/aromatic N) is 2. The molecule has 0 fully saturated rings. The van der Waals surface area contributed by atoms with Crippen molar-refractivity contribution in [2.75, 3.05) is 0 Å². The highest BCUT2D eigenvalue weighted by Gasteiger charge is 2.19. The highest BCUT2D eigenvalue weighted by molar-refractivity contribution is 8.00. The Balaban J connectivity index is 2.34. The second-order valence-corrected chi connectivity index (χ2v) is 6.40. The molecule has 0 aliphatic heterocycles. The molecule has 0 radical (unpaired) electrons.